The number of nitrogens with one attached hydrogen (secondary N) is 2. The molecule has 0 fully saturated rings. The fraction of sp³-hybridized carbons (Fsp3) is 0.107. The number of aromatic nitrogens is 1. The van der Waals surface area contributed by atoms with Crippen LogP contribution in [0.2, 0.25) is 0 Å². The van der Waals surface area contributed by atoms with E-state index in [4.69, 9.17) is 0 Å². The van der Waals surface area contributed by atoms with Crippen LogP contribution in [0.25, 0.3) is 11.1 Å². The minimum atomic E-state index is -4.44. The van der Waals surface area contributed by atoms with Gasteiger partial charge in [0.2, 0.25) is 0 Å². The Labute approximate surface area is 206 Å². The largest absolute Gasteiger partial charge is 0.416 e. The van der Waals surface area contributed by atoms with E-state index in [1.54, 1.807) is 54.7 Å². The van der Waals surface area contributed by atoms with E-state index < -0.39 is 17.6 Å². The quantitative estimate of drug-likeness (QED) is 0.335. The first-order valence-corrected chi connectivity index (χ1v) is 11.2. The van der Waals surface area contributed by atoms with E-state index in [-0.39, 0.29) is 5.91 Å². The van der Waals surface area contributed by atoms with Gasteiger partial charge in [0.25, 0.3) is 11.8 Å². The summed E-state index contributed by atoms with van der Waals surface area (Å²) in [6, 6.07) is 23.4. The van der Waals surface area contributed by atoms with E-state index in [2.05, 4.69) is 15.6 Å². The predicted molar refractivity (Wildman–Crippen MR) is 132 cm³/mol. The lowest BCUT2D eigenvalue weighted by Crippen LogP contribution is -2.26. The number of anilines is 1. The van der Waals surface area contributed by atoms with Crippen molar-refractivity contribution in [2.24, 2.45) is 0 Å². The summed E-state index contributed by atoms with van der Waals surface area (Å²) in [7, 11) is 0. The van der Waals surface area contributed by atoms with E-state index in [9.17, 15) is 22.8 Å². The molecule has 0 aliphatic carbocycles. The lowest BCUT2D eigenvalue weighted by atomic mass is 9.98. The third-order valence-electron chi connectivity index (χ3n) is 5.47. The van der Waals surface area contributed by atoms with Crippen LogP contribution in [0.5, 0.6) is 0 Å². The molecule has 0 aliphatic heterocycles. The maximum Gasteiger partial charge on any atom is 0.416 e. The first kappa shape index (κ1) is 24.7. The normalized spacial score (nSPS) is 11.1. The average Bonchev–Trinajstić information content (AvgIpc) is 2.89. The molecule has 4 rings (SSSR count). The molecule has 182 valence electrons. The lowest BCUT2D eigenvalue weighted by Gasteiger charge is -2.12. The first-order chi connectivity index (χ1) is 17.3. The molecular formula is C28H22F3N3O2. The number of halogens is 3. The highest BCUT2D eigenvalue weighted by Gasteiger charge is 2.30. The second-order valence-electron chi connectivity index (χ2n) is 7.98. The fourth-order valence-electron chi connectivity index (χ4n) is 3.66. The average molecular weight is 489 g/mol. The van der Waals surface area contributed by atoms with Crippen LogP contribution in [0.1, 0.15) is 32.0 Å². The highest BCUT2D eigenvalue weighted by Crippen LogP contribution is 2.32. The van der Waals surface area contributed by atoms with Crippen molar-refractivity contribution in [1.82, 2.24) is 10.3 Å². The molecule has 2 amide bonds. The number of carbonyl (C=O) groups excluding carboxylic acids is 2. The van der Waals surface area contributed by atoms with E-state index in [1.807, 2.05) is 18.2 Å². The molecule has 0 saturated carbocycles. The third-order valence-corrected chi connectivity index (χ3v) is 5.47. The molecule has 1 heterocycles. The van der Waals surface area contributed by atoms with Crippen LogP contribution >= 0.6 is 0 Å². The molecule has 0 atom stereocenters. The van der Waals surface area contributed by atoms with Crippen LogP contribution < -0.4 is 10.6 Å². The number of carbonyl (C=O) groups is 2. The number of hydrogen-bond donors (Lipinski definition) is 2. The lowest BCUT2D eigenvalue weighted by molar-refractivity contribution is -0.137. The predicted octanol–water partition coefficient (Wildman–Crippen LogP) is 5.99. The van der Waals surface area contributed by atoms with Gasteiger partial charge in [-0.3, -0.25) is 14.6 Å². The van der Waals surface area contributed by atoms with Crippen LogP contribution in [0.15, 0.2) is 97.2 Å². The van der Waals surface area contributed by atoms with Crippen LogP contribution in [0, 0.1) is 0 Å². The minimum Gasteiger partial charge on any atom is -0.352 e. The molecule has 0 aliphatic rings. The molecule has 0 unspecified atom stereocenters. The SMILES string of the molecule is O=C(NCCc1ccccn1)c1cccc(NC(=O)c2ccccc2-c2ccc(C(F)(F)F)cc2)c1. The molecule has 3 aromatic carbocycles. The fourth-order valence-corrected chi connectivity index (χ4v) is 3.66. The summed E-state index contributed by atoms with van der Waals surface area (Å²) >= 11 is 0. The number of hydrogen-bond acceptors (Lipinski definition) is 3. The van der Waals surface area contributed by atoms with Gasteiger partial charge in [-0.05, 0) is 59.7 Å². The minimum absolute atomic E-state index is 0.285. The van der Waals surface area contributed by atoms with Crippen LogP contribution in [-0.2, 0) is 12.6 Å². The Hall–Kier alpha value is -4.46. The monoisotopic (exact) mass is 489 g/mol. The summed E-state index contributed by atoms with van der Waals surface area (Å²) < 4.78 is 38.7. The molecule has 0 bridgehead atoms. The van der Waals surface area contributed by atoms with E-state index in [0.717, 1.165) is 17.8 Å². The summed E-state index contributed by atoms with van der Waals surface area (Å²) in [6.07, 6.45) is -2.16. The van der Waals surface area contributed by atoms with Gasteiger partial charge in [0.05, 0.1) is 5.56 Å². The number of alkyl halides is 3. The van der Waals surface area contributed by atoms with Crippen LogP contribution in [-0.4, -0.2) is 23.3 Å². The Bertz CT molecular complexity index is 1350. The Morgan fingerprint density at radius 3 is 2.28 bits per heavy atom. The van der Waals surface area contributed by atoms with Gasteiger partial charge in [-0.1, -0.05) is 42.5 Å². The van der Waals surface area contributed by atoms with Crippen molar-refractivity contribution in [3.05, 3.63) is 120 Å². The highest BCUT2D eigenvalue weighted by atomic mass is 19.4. The van der Waals surface area contributed by atoms with Gasteiger partial charge in [-0.25, -0.2) is 0 Å². The zero-order valence-corrected chi connectivity index (χ0v) is 19.0. The van der Waals surface area contributed by atoms with Crippen molar-refractivity contribution >= 4 is 17.5 Å². The summed E-state index contributed by atoms with van der Waals surface area (Å²) in [4.78, 5) is 29.8. The maximum atomic E-state index is 13.0. The molecule has 36 heavy (non-hydrogen) atoms. The van der Waals surface area contributed by atoms with E-state index >= 15 is 0 Å². The second kappa shape index (κ2) is 10.9. The molecule has 0 radical (unpaired) electrons. The molecule has 1 aromatic heterocycles. The molecule has 8 heteroatoms. The van der Waals surface area contributed by atoms with Crippen molar-refractivity contribution < 1.29 is 22.8 Å². The smallest absolute Gasteiger partial charge is 0.352 e. The number of benzene rings is 3. The molecule has 4 aromatic rings. The van der Waals surface area contributed by atoms with Gasteiger partial charge in [0, 0.05) is 41.7 Å². The van der Waals surface area contributed by atoms with Crippen molar-refractivity contribution in [2.75, 3.05) is 11.9 Å². The molecule has 5 nitrogen and oxygen atoms in total. The Morgan fingerprint density at radius 2 is 1.56 bits per heavy atom. The second-order valence-corrected chi connectivity index (χ2v) is 7.98. The Kier molecular flexibility index (Phi) is 7.44. The summed E-state index contributed by atoms with van der Waals surface area (Å²) in [5, 5.41) is 5.61. The third kappa shape index (κ3) is 6.15. The van der Waals surface area contributed by atoms with Gasteiger partial charge in [-0.2, -0.15) is 13.2 Å². The molecule has 0 saturated heterocycles. The van der Waals surface area contributed by atoms with Crippen LogP contribution in [0.4, 0.5) is 18.9 Å². The maximum absolute atomic E-state index is 13.0. The molecular weight excluding hydrogens is 467 g/mol. The van der Waals surface area contributed by atoms with E-state index in [0.29, 0.717) is 40.9 Å². The van der Waals surface area contributed by atoms with Gasteiger partial charge < -0.3 is 10.6 Å². The number of nitrogens with zero attached hydrogens (tertiary/aromatic N) is 1. The van der Waals surface area contributed by atoms with Gasteiger partial charge in [0.1, 0.15) is 0 Å². The number of pyridine rings is 1. The van der Waals surface area contributed by atoms with Crippen molar-refractivity contribution in [1.29, 1.82) is 0 Å². The van der Waals surface area contributed by atoms with Crippen molar-refractivity contribution in [2.45, 2.75) is 12.6 Å². The number of rotatable bonds is 7. The first-order valence-electron chi connectivity index (χ1n) is 11.2. The van der Waals surface area contributed by atoms with Crippen molar-refractivity contribution in [3.63, 3.8) is 0 Å². The zero-order chi connectivity index (χ0) is 25.5. The summed E-state index contributed by atoms with van der Waals surface area (Å²) in [6.45, 7) is 0.410. The summed E-state index contributed by atoms with van der Waals surface area (Å²) in [5.74, 6) is -0.731. The van der Waals surface area contributed by atoms with Gasteiger partial charge in [0.15, 0.2) is 0 Å². The van der Waals surface area contributed by atoms with Crippen LogP contribution in [0.3, 0.4) is 0 Å². The van der Waals surface area contributed by atoms with Gasteiger partial charge in [-0.15, -0.1) is 0 Å². The topological polar surface area (TPSA) is 71.1 Å². The Balaban J connectivity index is 1.45. The van der Waals surface area contributed by atoms with Crippen molar-refractivity contribution in [3.8, 4) is 11.1 Å². The Morgan fingerprint density at radius 1 is 0.806 bits per heavy atom. The molecule has 2 N–H and O–H groups in total. The standard InChI is InChI=1S/C28H22F3N3O2/c29-28(30,31)21-13-11-19(12-14-21)24-9-1-2-10-25(24)27(36)34-23-8-5-6-20(18-23)26(35)33-17-15-22-7-3-4-16-32-22/h1-14,16,18H,15,17H2,(H,33,35)(H,34,36). The number of amides is 2. The zero-order valence-electron chi connectivity index (χ0n) is 19.0. The van der Waals surface area contributed by atoms with Gasteiger partial charge >= 0.3 is 6.18 Å². The molecule has 0 spiro atoms. The van der Waals surface area contributed by atoms with E-state index in [1.165, 1.54) is 12.1 Å². The summed E-state index contributed by atoms with van der Waals surface area (Å²) in [5.41, 5.74) is 2.17. The highest BCUT2D eigenvalue weighted by molar-refractivity contribution is 6.09.